The maximum absolute atomic E-state index is 13.0. The molecule has 0 radical (unpaired) electrons. The Morgan fingerprint density at radius 2 is 1.72 bits per heavy atom. The lowest BCUT2D eigenvalue weighted by Crippen LogP contribution is -2.27. The molecule has 0 saturated heterocycles. The average molecular weight is 493 g/mol. The van der Waals surface area contributed by atoms with E-state index in [9.17, 15) is 13.2 Å². The fourth-order valence-corrected chi connectivity index (χ4v) is 4.53. The summed E-state index contributed by atoms with van der Waals surface area (Å²) in [7, 11) is -0.762. The van der Waals surface area contributed by atoms with Crippen molar-refractivity contribution in [2.24, 2.45) is 0 Å². The Kier molecular flexibility index (Phi) is 7.46. The summed E-state index contributed by atoms with van der Waals surface area (Å²) in [5, 5.41) is 3.50. The number of carbonyl (C=O) groups excluding carboxylic acids is 1. The normalized spacial score (nSPS) is 11.4. The number of halogens is 2. The lowest BCUT2D eigenvalue weighted by molar-refractivity contribution is 0.102. The molecule has 0 bridgehead atoms. The Balaban J connectivity index is 1.86. The zero-order valence-corrected chi connectivity index (χ0v) is 20.1. The average Bonchev–Trinajstić information content (AvgIpc) is 2.76. The van der Waals surface area contributed by atoms with Gasteiger partial charge in [0.05, 0.1) is 22.7 Å². The first kappa shape index (κ1) is 24.1. The zero-order valence-electron chi connectivity index (χ0n) is 17.7. The maximum atomic E-state index is 13.0. The van der Waals surface area contributed by atoms with Crippen LogP contribution in [0.1, 0.15) is 21.5 Å². The number of anilines is 1. The maximum Gasteiger partial charge on any atom is 0.255 e. The molecule has 0 atom stereocenters. The Bertz CT molecular complexity index is 1250. The van der Waals surface area contributed by atoms with Crippen LogP contribution in [0.25, 0.3) is 0 Å². The van der Waals surface area contributed by atoms with Crippen molar-refractivity contribution in [3.8, 4) is 5.75 Å². The fraction of sp³-hybridized carbons (Fsp3) is 0.174. The number of methoxy groups -OCH3 is 1. The highest BCUT2D eigenvalue weighted by molar-refractivity contribution is 7.89. The predicted octanol–water partition coefficient (Wildman–Crippen LogP) is 5.38. The number of hydrogen-bond donors (Lipinski definition) is 1. The van der Waals surface area contributed by atoms with Gasteiger partial charge in [0, 0.05) is 29.7 Å². The summed E-state index contributed by atoms with van der Waals surface area (Å²) in [6.07, 6.45) is 0. The van der Waals surface area contributed by atoms with E-state index in [0.717, 1.165) is 5.56 Å². The minimum atomic E-state index is -3.73. The number of ether oxygens (including phenoxy) is 1. The van der Waals surface area contributed by atoms with Crippen LogP contribution in [-0.4, -0.2) is 32.8 Å². The first-order valence-corrected chi connectivity index (χ1v) is 11.8. The molecule has 0 saturated carbocycles. The first-order chi connectivity index (χ1) is 15.1. The minimum absolute atomic E-state index is 0.0123. The summed E-state index contributed by atoms with van der Waals surface area (Å²) in [4.78, 5) is 13.0. The van der Waals surface area contributed by atoms with Crippen molar-refractivity contribution in [2.45, 2.75) is 18.4 Å². The monoisotopic (exact) mass is 492 g/mol. The van der Waals surface area contributed by atoms with Gasteiger partial charge in [0.15, 0.2) is 0 Å². The lowest BCUT2D eigenvalue weighted by Gasteiger charge is -2.19. The summed E-state index contributed by atoms with van der Waals surface area (Å²) >= 11 is 12.1. The van der Waals surface area contributed by atoms with Crippen molar-refractivity contribution in [3.63, 3.8) is 0 Å². The quantitative estimate of drug-likeness (QED) is 0.479. The fourth-order valence-electron chi connectivity index (χ4n) is 3.05. The summed E-state index contributed by atoms with van der Waals surface area (Å²) in [6.45, 7) is 1.90. The SMILES string of the molecule is COc1ccc(C(=O)Nc2cc(Cl)ccc2Cl)cc1CN(C)S(=O)(=O)c1ccc(C)cc1. The van der Waals surface area contributed by atoms with Crippen molar-refractivity contribution >= 4 is 44.8 Å². The Labute approximate surface area is 197 Å². The van der Waals surface area contributed by atoms with Crippen LogP contribution in [0.15, 0.2) is 65.6 Å². The molecule has 0 aromatic heterocycles. The molecule has 3 rings (SSSR count). The van der Waals surface area contributed by atoms with Crippen molar-refractivity contribution in [1.82, 2.24) is 4.31 Å². The van der Waals surface area contributed by atoms with E-state index in [0.29, 0.717) is 32.6 Å². The first-order valence-electron chi connectivity index (χ1n) is 9.58. The van der Waals surface area contributed by atoms with Gasteiger partial charge in [-0.25, -0.2) is 8.42 Å². The molecule has 3 aromatic rings. The number of carbonyl (C=O) groups is 1. The van der Waals surface area contributed by atoms with Crippen molar-refractivity contribution in [3.05, 3.63) is 87.4 Å². The van der Waals surface area contributed by atoms with Crippen LogP contribution in [-0.2, 0) is 16.6 Å². The number of hydrogen-bond acceptors (Lipinski definition) is 4. The second-order valence-electron chi connectivity index (χ2n) is 7.18. The molecule has 1 N–H and O–H groups in total. The van der Waals surface area contributed by atoms with E-state index in [1.54, 1.807) is 60.7 Å². The third kappa shape index (κ3) is 5.42. The number of benzene rings is 3. The molecule has 0 aliphatic rings. The summed E-state index contributed by atoms with van der Waals surface area (Å²) < 4.78 is 32.5. The molecular weight excluding hydrogens is 471 g/mol. The van der Waals surface area contributed by atoms with Crippen molar-refractivity contribution < 1.29 is 17.9 Å². The number of aryl methyl sites for hydroxylation is 1. The third-order valence-electron chi connectivity index (χ3n) is 4.84. The van der Waals surface area contributed by atoms with Crippen LogP contribution >= 0.6 is 23.2 Å². The number of sulfonamides is 1. The summed E-state index contributed by atoms with van der Waals surface area (Å²) in [5.74, 6) is 0.0513. The van der Waals surface area contributed by atoms with E-state index in [2.05, 4.69) is 5.32 Å². The molecule has 168 valence electrons. The zero-order chi connectivity index (χ0) is 23.5. The minimum Gasteiger partial charge on any atom is -0.496 e. The number of amides is 1. The molecule has 1 amide bonds. The van der Waals surface area contributed by atoms with Crippen LogP contribution in [0, 0.1) is 6.92 Å². The van der Waals surface area contributed by atoms with Gasteiger partial charge in [0.25, 0.3) is 5.91 Å². The molecule has 0 heterocycles. The van der Waals surface area contributed by atoms with Crippen LogP contribution in [0.2, 0.25) is 10.0 Å². The highest BCUT2D eigenvalue weighted by Gasteiger charge is 2.22. The molecule has 0 spiro atoms. The highest BCUT2D eigenvalue weighted by Crippen LogP contribution is 2.28. The molecular formula is C23H22Cl2N2O4S. The van der Waals surface area contributed by atoms with Gasteiger partial charge in [-0.15, -0.1) is 0 Å². The van der Waals surface area contributed by atoms with Crippen LogP contribution < -0.4 is 10.1 Å². The number of nitrogens with one attached hydrogen (secondary N) is 1. The van der Waals surface area contributed by atoms with Gasteiger partial charge in [-0.2, -0.15) is 4.31 Å². The lowest BCUT2D eigenvalue weighted by atomic mass is 10.1. The second-order valence-corrected chi connectivity index (χ2v) is 10.1. The van der Waals surface area contributed by atoms with E-state index < -0.39 is 15.9 Å². The third-order valence-corrected chi connectivity index (χ3v) is 7.22. The van der Waals surface area contributed by atoms with E-state index in [4.69, 9.17) is 27.9 Å². The van der Waals surface area contributed by atoms with Gasteiger partial charge in [-0.3, -0.25) is 4.79 Å². The van der Waals surface area contributed by atoms with Crippen molar-refractivity contribution in [2.75, 3.05) is 19.5 Å². The standard InChI is InChI=1S/C23H22Cl2N2O4S/c1-15-4-8-19(9-5-15)32(29,30)27(2)14-17-12-16(6-11-22(17)31-3)23(28)26-21-13-18(24)7-10-20(21)25/h4-13H,14H2,1-3H3,(H,26,28). The van der Waals surface area contributed by atoms with Gasteiger partial charge in [-0.05, 0) is 55.5 Å². The van der Waals surface area contributed by atoms with Crippen LogP contribution in [0.3, 0.4) is 0 Å². The molecule has 6 nitrogen and oxygen atoms in total. The van der Waals surface area contributed by atoms with Gasteiger partial charge >= 0.3 is 0 Å². The molecule has 0 unspecified atom stereocenters. The largest absolute Gasteiger partial charge is 0.496 e. The Hall–Kier alpha value is -2.58. The summed E-state index contributed by atoms with van der Waals surface area (Å²) in [6, 6.07) is 16.2. The number of rotatable bonds is 7. The highest BCUT2D eigenvalue weighted by atomic mass is 35.5. The molecule has 32 heavy (non-hydrogen) atoms. The second kappa shape index (κ2) is 9.92. The van der Waals surface area contributed by atoms with Crippen molar-refractivity contribution in [1.29, 1.82) is 0 Å². The van der Waals surface area contributed by atoms with Gasteiger partial charge in [0.1, 0.15) is 5.75 Å². The van der Waals surface area contributed by atoms with E-state index in [1.807, 2.05) is 6.92 Å². The Morgan fingerprint density at radius 3 is 2.38 bits per heavy atom. The van der Waals surface area contributed by atoms with Gasteiger partial charge in [-0.1, -0.05) is 40.9 Å². The summed E-state index contributed by atoms with van der Waals surface area (Å²) in [5.41, 5.74) is 2.20. The molecule has 3 aromatic carbocycles. The number of nitrogens with zero attached hydrogens (tertiary/aromatic N) is 1. The van der Waals surface area contributed by atoms with Gasteiger partial charge < -0.3 is 10.1 Å². The smallest absolute Gasteiger partial charge is 0.255 e. The van der Waals surface area contributed by atoms with E-state index >= 15 is 0 Å². The van der Waals surface area contributed by atoms with Crippen LogP contribution in [0.4, 0.5) is 5.69 Å². The predicted molar refractivity (Wildman–Crippen MR) is 127 cm³/mol. The molecule has 0 aliphatic carbocycles. The van der Waals surface area contributed by atoms with Crippen LogP contribution in [0.5, 0.6) is 5.75 Å². The molecule has 0 aliphatic heterocycles. The van der Waals surface area contributed by atoms with E-state index in [-0.39, 0.29) is 11.4 Å². The molecule has 0 fully saturated rings. The molecule has 9 heteroatoms. The van der Waals surface area contributed by atoms with Gasteiger partial charge in [0.2, 0.25) is 10.0 Å². The van der Waals surface area contributed by atoms with E-state index in [1.165, 1.54) is 18.5 Å². The topological polar surface area (TPSA) is 75.7 Å². The Morgan fingerprint density at radius 1 is 1.03 bits per heavy atom.